The Morgan fingerprint density at radius 1 is 1.44 bits per heavy atom. The van der Waals surface area contributed by atoms with Gasteiger partial charge in [-0.15, -0.1) is 3.89 Å². The lowest BCUT2D eigenvalue weighted by Gasteiger charge is -1.99. The molecule has 0 amide bonds. The summed E-state index contributed by atoms with van der Waals surface area (Å²) in [4.78, 5) is 18.5. The number of nitro benzene ring substituents is 1. The molecule has 1 aromatic carbocycles. The van der Waals surface area contributed by atoms with Gasteiger partial charge in [0.1, 0.15) is 0 Å². The normalized spacial score (nSPS) is 11.1. The van der Waals surface area contributed by atoms with Crippen LogP contribution in [0.3, 0.4) is 0 Å². The molecule has 0 bridgehead atoms. The maximum absolute atomic E-state index is 12.7. The maximum Gasteiger partial charge on any atom is 0.338 e. The average Bonchev–Trinajstić information content (AvgIpc) is 2.15. The number of nitro groups is 1. The lowest BCUT2D eigenvalue weighted by Crippen LogP contribution is -2.03. The SMILES string of the molecule is O=C(O)c1ccc([N+](=O)[O-])c(S(=O)(=O)F)c1. The van der Waals surface area contributed by atoms with Crippen LogP contribution in [0.15, 0.2) is 23.1 Å². The van der Waals surface area contributed by atoms with Gasteiger partial charge in [0.2, 0.25) is 0 Å². The molecule has 16 heavy (non-hydrogen) atoms. The number of carbonyl (C=O) groups is 1. The minimum absolute atomic E-state index is 0.399. The van der Waals surface area contributed by atoms with E-state index in [1.54, 1.807) is 0 Å². The first-order chi connectivity index (χ1) is 7.23. The molecule has 86 valence electrons. The Hall–Kier alpha value is -2.03. The summed E-state index contributed by atoms with van der Waals surface area (Å²) in [5, 5.41) is 18.9. The van der Waals surface area contributed by atoms with E-state index in [0.717, 1.165) is 6.07 Å². The summed E-state index contributed by atoms with van der Waals surface area (Å²) < 4.78 is 33.8. The number of hydrogen-bond donors (Lipinski definition) is 1. The smallest absolute Gasteiger partial charge is 0.338 e. The van der Waals surface area contributed by atoms with Gasteiger partial charge in [0.15, 0.2) is 4.90 Å². The molecule has 0 unspecified atom stereocenters. The summed E-state index contributed by atoms with van der Waals surface area (Å²) in [6.07, 6.45) is 0. The first-order valence-corrected chi connectivity index (χ1v) is 5.08. The highest BCUT2D eigenvalue weighted by Gasteiger charge is 2.26. The molecule has 1 rings (SSSR count). The van der Waals surface area contributed by atoms with Gasteiger partial charge < -0.3 is 5.11 Å². The van der Waals surface area contributed by atoms with E-state index in [0.29, 0.717) is 12.1 Å². The van der Waals surface area contributed by atoms with Crippen LogP contribution in [0.25, 0.3) is 0 Å². The van der Waals surface area contributed by atoms with E-state index in [1.807, 2.05) is 0 Å². The number of nitrogens with zero attached hydrogens (tertiary/aromatic N) is 1. The minimum Gasteiger partial charge on any atom is -0.478 e. The Labute approximate surface area is 88.5 Å². The van der Waals surface area contributed by atoms with Gasteiger partial charge in [-0.05, 0) is 12.1 Å². The van der Waals surface area contributed by atoms with E-state index in [4.69, 9.17) is 5.11 Å². The van der Waals surface area contributed by atoms with Crippen LogP contribution in [0.2, 0.25) is 0 Å². The van der Waals surface area contributed by atoms with Crippen molar-refractivity contribution >= 4 is 21.9 Å². The Kier molecular flexibility index (Phi) is 2.90. The van der Waals surface area contributed by atoms with E-state index in [-0.39, 0.29) is 0 Å². The molecule has 0 aliphatic rings. The maximum atomic E-state index is 12.7. The van der Waals surface area contributed by atoms with Crippen LogP contribution in [-0.2, 0) is 10.2 Å². The minimum atomic E-state index is -5.34. The molecule has 0 aromatic heterocycles. The van der Waals surface area contributed by atoms with Crippen molar-refractivity contribution in [2.75, 3.05) is 0 Å². The zero-order chi connectivity index (χ0) is 12.5. The van der Waals surface area contributed by atoms with Gasteiger partial charge in [-0.25, -0.2) is 4.79 Å². The van der Waals surface area contributed by atoms with Crippen molar-refractivity contribution < 1.29 is 27.1 Å². The molecule has 0 saturated carbocycles. The molecule has 9 heteroatoms. The molecule has 0 fully saturated rings. The van der Waals surface area contributed by atoms with Crippen LogP contribution < -0.4 is 0 Å². The number of hydrogen-bond acceptors (Lipinski definition) is 5. The third-order valence-corrected chi connectivity index (χ3v) is 2.52. The Morgan fingerprint density at radius 3 is 2.38 bits per heavy atom. The molecule has 0 saturated heterocycles. The van der Waals surface area contributed by atoms with Gasteiger partial charge >= 0.3 is 16.2 Å². The predicted molar refractivity (Wildman–Crippen MR) is 48.3 cm³/mol. The summed E-state index contributed by atoms with van der Waals surface area (Å²) >= 11 is 0. The monoisotopic (exact) mass is 249 g/mol. The molecule has 0 radical (unpaired) electrons. The summed E-state index contributed by atoms with van der Waals surface area (Å²) in [6.45, 7) is 0. The second-order valence-electron chi connectivity index (χ2n) is 2.68. The Bertz CT molecular complexity index is 566. The highest BCUT2D eigenvalue weighted by Crippen LogP contribution is 2.26. The Morgan fingerprint density at radius 2 is 2.00 bits per heavy atom. The number of carboxylic acid groups (broad SMARTS) is 1. The van der Waals surface area contributed by atoms with Crippen LogP contribution in [0.5, 0.6) is 0 Å². The number of aromatic carboxylic acids is 1. The summed E-state index contributed by atoms with van der Waals surface area (Å²) in [5.41, 5.74) is -1.56. The lowest BCUT2D eigenvalue weighted by atomic mass is 10.2. The summed E-state index contributed by atoms with van der Waals surface area (Å²) in [7, 11) is -5.34. The molecule has 0 atom stereocenters. The van der Waals surface area contributed by atoms with E-state index in [9.17, 15) is 27.2 Å². The number of rotatable bonds is 3. The largest absolute Gasteiger partial charge is 0.478 e. The van der Waals surface area contributed by atoms with Gasteiger partial charge in [0.25, 0.3) is 5.69 Å². The topological polar surface area (TPSA) is 115 Å². The lowest BCUT2D eigenvalue weighted by molar-refractivity contribution is -0.387. The molecular weight excluding hydrogens is 245 g/mol. The second-order valence-corrected chi connectivity index (χ2v) is 4.00. The fraction of sp³-hybridized carbons (Fsp3) is 0. The van der Waals surface area contributed by atoms with Gasteiger partial charge in [0.05, 0.1) is 10.5 Å². The first-order valence-electron chi connectivity index (χ1n) is 3.70. The van der Waals surface area contributed by atoms with E-state index in [1.165, 1.54) is 0 Å². The van der Waals surface area contributed by atoms with Crippen molar-refractivity contribution in [1.29, 1.82) is 0 Å². The fourth-order valence-electron chi connectivity index (χ4n) is 0.993. The van der Waals surface area contributed by atoms with Crippen LogP contribution in [0.1, 0.15) is 10.4 Å². The predicted octanol–water partition coefficient (Wildman–Crippen LogP) is 0.951. The Balaban J connectivity index is 3.58. The number of halogens is 1. The fourth-order valence-corrected chi connectivity index (χ4v) is 1.65. The van der Waals surface area contributed by atoms with E-state index >= 15 is 0 Å². The van der Waals surface area contributed by atoms with Crippen LogP contribution in [-0.4, -0.2) is 24.4 Å². The molecular formula is C7H4FNO6S. The second kappa shape index (κ2) is 3.85. The van der Waals surface area contributed by atoms with Crippen molar-refractivity contribution in [3.05, 3.63) is 33.9 Å². The van der Waals surface area contributed by atoms with Crippen molar-refractivity contribution in [1.82, 2.24) is 0 Å². The average molecular weight is 249 g/mol. The van der Waals surface area contributed by atoms with Gasteiger partial charge in [-0.2, -0.15) is 8.42 Å². The van der Waals surface area contributed by atoms with Gasteiger partial charge in [0, 0.05) is 6.07 Å². The highest BCUT2D eigenvalue weighted by atomic mass is 32.3. The van der Waals surface area contributed by atoms with E-state index < -0.39 is 37.3 Å². The number of benzene rings is 1. The molecule has 0 heterocycles. The molecule has 0 aliphatic carbocycles. The molecule has 0 aliphatic heterocycles. The molecule has 7 nitrogen and oxygen atoms in total. The van der Waals surface area contributed by atoms with E-state index in [2.05, 4.69) is 0 Å². The molecule has 1 N–H and O–H groups in total. The number of carboxylic acids is 1. The first kappa shape index (κ1) is 12.0. The van der Waals surface area contributed by atoms with Crippen LogP contribution >= 0.6 is 0 Å². The third-order valence-electron chi connectivity index (χ3n) is 1.67. The van der Waals surface area contributed by atoms with Crippen molar-refractivity contribution in [3.63, 3.8) is 0 Å². The van der Waals surface area contributed by atoms with Crippen LogP contribution in [0, 0.1) is 10.1 Å². The zero-order valence-corrected chi connectivity index (χ0v) is 8.27. The van der Waals surface area contributed by atoms with Gasteiger partial charge in [-0.1, -0.05) is 0 Å². The standard InChI is InChI=1S/C7H4FNO6S/c8-16(14,15)6-3-4(7(10)11)1-2-5(6)9(12)13/h1-3H,(H,10,11). The van der Waals surface area contributed by atoms with Crippen LogP contribution in [0.4, 0.5) is 9.57 Å². The summed E-state index contributed by atoms with van der Waals surface area (Å²) in [6, 6.07) is 1.83. The highest BCUT2D eigenvalue weighted by molar-refractivity contribution is 7.86. The van der Waals surface area contributed by atoms with Crippen molar-refractivity contribution in [2.24, 2.45) is 0 Å². The third kappa shape index (κ3) is 2.31. The van der Waals surface area contributed by atoms with Crippen molar-refractivity contribution in [3.8, 4) is 0 Å². The quantitative estimate of drug-likeness (QED) is 0.484. The zero-order valence-electron chi connectivity index (χ0n) is 7.45. The van der Waals surface area contributed by atoms with Crippen molar-refractivity contribution in [2.45, 2.75) is 4.90 Å². The molecule has 1 aromatic rings. The van der Waals surface area contributed by atoms with Gasteiger partial charge in [-0.3, -0.25) is 10.1 Å². The summed E-state index contributed by atoms with van der Waals surface area (Å²) in [5.74, 6) is -1.51. The molecule has 0 spiro atoms.